The Bertz CT molecular complexity index is 516. The Kier molecular flexibility index (Phi) is 4.39. The standard InChI is InChI=1S/C15H20N2O3/c1-10-5-3-4-6-11(10)12-7-17(9-14(16)18)8-13(12)15(19)20-2/h3-6,12-13H,7-9H2,1-2H3,(H2,16,18)/t12-,13+/m1/s1. The van der Waals surface area contributed by atoms with Gasteiger partial charge in [-0.05, 0) is 18.1 Å². The fraction of sp³-hybridized carbons (Fsp3) is 0.467. The second-order valence-electron chi connectivity index (χ2n) is 5.25. The number of nitrogens with two attached hydrogens (primary N) is 1. The summed E-state index contributed by atoms with van der Waals surface area (Å²) in [5.74, 6) is -0.812. The highest BCUT2D eigenvalue weighted by Crippen LogP contribution is 2.34. The number of primary amides is 1. The van der Waals surface area contributed by atoms with Crippen LogP contribution in [0, 0.1) is 12.8 Å². The largest absolute Gasteiger partial charge is 0.469 e. The second-order valence-corrected chi connectivity index (χ2v) is 5.25. The quantitative estimate of drug-likeness (QED) is 0.820. The average Bonchev–Trinajstić information content (AvgIpc) is 2.81. The summed E-state index contributed by atoms with van der Waals surface area (Å²) < 4.78 is 4.90. The topological polar surface area (TPSA) is 72.6 Å². The number of aryl methyl sites for hydroxylation is 1. The third-order valence-electron chi connectivity index (χ3n) is 3.87. The van der Waals surface area contributed by atoms with E-state index in [0.29, 0.717) is 13.1 Å². The summed E-state index contributed by atoms with van der Waals surface area (Å²) in [6.07, 6.45) is 0. The Morgan fingerprint density at radius 3 is 2.65 bits per heavy atom. The molecule has 5 heteroatoms. The summed E-state index contributed by atoms with van der Waals surface area (Å²) in [7, 11) is 1.40. The molecule has 2 rings (SSSR count). The van der Waals surface area contributed by atoms with Crippen molar-refractivity contribution in [1.29, 1.82) is 0 Å². The van der Waals surface area contributed by atoms with Gasteiger partial charge >= 0.3 is 5.97 Å². The Morgan fingerprint density at radius 2 is 2.05 bits per heavy atom. The molecule has 1 fully saturated rings. The van der Waals surface area contributed by atoms with Gasteiger partial charge in [0.15, 0.2) is 0 Å². The first-order chi connectivity index (χ1) is 9.52. The molecule has 0 spiro atoms. The van der Waals surface area contributed by atoms with E-state index in [4.69, 9.17) is 10.5 Å². The number of benzene rings is 1. The lowest BCUT2D eigenvalue weighted by Gasteiger charge is -2.18. The van der Waals surface area contributed by atoms with Gasteiger partial charge in [0.25, 0.3) is 0 Å². The predicted molar refractivity (Wildman–Crippen MR) is 75.1 cm³/mol. The molecule has 1 aromatic carbocycles. The molecular weight excluding hydrogens is 256 g/mol. The highest BCUT2D eigenvalue weighted by Gasteiger charge is 2.39. The maximum atomic E-state index is 12.0. The van der Waals surface area contributed by atoms with E-state index in [1.807, 2.05) is 36.1 Å². The predicted octanol–water partition coefficient (Wildman–Crippen LogP) is 0.669. The van der Waals surface area contributed by atoms with Crippen molar-refractivity contribution in [3.8, 4) is 0 Å². The van der Waals surface area contributed by atoms with Crippen LogP contribution in [0.15, 0.2) is 24.3 Å². The van der Waals surface area contributed by atoms with E-state index < -0.39 is 0 Å². The van der Waals surface area contributed by atoms with Gasteiger partial charge in [-0.1, -0.05) is 24.3 Å². The molecule has 1 amide bonds. The number of ether oxygens (including phenoxy) is 1. The van der Waals surface area contributed by atoms with E-state index >= 15 is 0 Å². The monoisotopic (exact) mass is 276 g/mol. The van der Waals surface area contributed by atoms with Crippen molar-refractivity contribution in [3.63, 3.8) is 0 Å². The Balaban J connectivity index is 2.26. The number of methoxy groups -OCH3 is 1. The molecule has 0 saturated carbocycles. The molecule has 5 nitrogen and oxygen atoms in total. The van der Waals surface area contributed by atoms with Crippen LogP contribution in [0.2, 0.25) is 0 Å². The Labute approximate surface area is 118 Å². The minimum atomic E-state index is -0.376. The summed E-state index contributed by atoms with van der Waals surface area (Å²) in [4.78, 5) is 25.0. The number of rotatable bonds is 4. The van der Waals surface area contributed by atoms with Crippen LogP contribution in [-0.2, 0) is 14.3 Å². The van der Waals surface area contributed by atoms with E-state index in [9.17, 15) is 9.59 Å². The average molecular weight is 276 g/mol. The van der Waals surface area contributed by atoms with Crippen LogP contribution in [0.3, 0.4) is 0 Å². The lowest BCUT2D eigenvalue weighted by Crippen LogP contribution is -2.32. The third-order valence-corrected chi connectivity index (χ3v) is 3.87. The van der Waals surface area contributed by atoms with Crippen molar-refractivity contribution in [2.24, 2.45) is 11.7 Å². The van der Waals surface area contributed by atoms with Gasteiger partial charge in [-0.25, -0.2) is 0 Å². The van der Waals surface area contributed by atoms with Gasteiger partial charge in [0.05, 0.1) is 19.6 Å². The highest BCUT2D eigenvalue weighted by molar-refractivity contribution is 5.77. The first kappa shape index (κ1) is 14.5. The molecule has 0 aliphatic carbocycles. The van der Waals surface area contributed by atoms with Crippen LogP contribution < -0.4 is 5.73 Å². The van der Waals surface area contributed by atoms with Crippen LogP contribution in [-0.4, -0.2) is 43.5 Å². The zero-order valence-electron chi connectivity index (χ0n) is 11.8. The first-order valence-corrected chi connectivity index (χ1v) is 6.67. The maximum Gasteiger partial charge on any atom is 0.310 e. The molecule has 20 heavy (non-hydrogen) atoms. The van der Waals surface area contributed by atoms with E-state index in [2.05, 4.69) is 0 Å². The van der Waals surface area contributed by atoms with Crippen molar-refractivity contribution < 1.29 is 14.3 Å². The number of likely N-dealkylation sites (tertiary alicyclic amines) is 1. The smallest absolute Gasteiger partial charge is 0.310 e. The van der Waals surface area contributed by atoms with Crippen molar-refractivity contribution in [1.82, 2.24) is 4.90 Å². The lowest BCUT2D eigenvalue weighted by atomic mass is 9.86. The first-order valence-electron chi connectivity index (χ1n) is 6.67. The van der Waals surface area contributed by atoms with Crippen molar-refractivity contribution >= 4 is 11.9 Å². The molecule has 0 aromatic heterocycles. The molecule has 1 aliphatic heterocycles. The van der Waals surface area contributed by atoms with Crippen LogP contribution in [0.1, 0.15) is 17.0 Å². The number of amides is 1. The van der Waals surface area contributed by atoms with Gasteiger partial charge in [0.1, 0.15) is 0 Å². The molecule has 2 N–H and O–H groups in total. The third kappa shape index (κ3) is 2.99. The van der Waals surface area contributed by atoms with Crippen molar-refractivity contribution in [3.05, 3.63) is 35.4 Å². The van der Waals surface area contributed by atoms with Crippen LogP contribution in [0.5, 0.6) is 0 Å². The van der Waals surface area contributed by atoms with Gasteiger partial charge < -0.3 is 10.5 Å². The Hall–Kier alpha value is -1.88. The number of nitrogens with zero attached hydrogens (tertiary/aromatic N) is 1. The summed E-state index contributed by atoms with van der Waals surface area (Å²) in [6, 6.07) is 8.00. The zero-order chi connectivity index (χ0) is 14.7. The maximum absolute atomic E-state index is 12.0. The van der Waals surface area contributed by atoms with Gasteiger partial charge in [-0.15, -0.1) is 0 Å². The molecule has 0 radical (unpaired) electrons. The summed E-state index contributed by atoms with van der Waals surface area (Å²) in [5, 5.41) is 0. The van der Waals surface area contributed by atoms with E-state index in [1.54, 1.807) is 0 Å². The van der Waals surface area contributed by atoms with E-state index in [1.165, 1.54) is 7.11 Å². The fourth-order valence-corrected chi connectivity index (χ4v) is 2.94. The number of esters is 1. The lowest BCUT2D eigenvalue weighted by molar-refractivity contribution is -0.145. The summed E-state index contributed by atoms with van der Waals surface area (Å²) >= 11 is 0. The number of carbonyl (C=O) groups is 2. The molecule has 1 aliphatic rings. The van der Waals surface area contributed by atoms with Crippen molar-refractivity contribution in [2.45, 2.75) is 12.8 Å². The van der Waals surface area contributed by atoms with Crippen LogP contribution in [0.4, 0.5) is 0 Å². The molecule has 0 unspecified atom stereocenters. The molecule has 1 aromatic rings. The van der Waals surface area contributed by atoms with Gasteiger partial charge in [-0.2, -0.15) is 0 Å². The normalized spacial score (nSPS) is 22.7. The molecule has 2 atom stereocenters. The molecule has 1 saturated heterocycles. The van der Waals surface area contributed by atoms with Crippen LogP contribution >= 0.6 is 0 Å². The van der Waals surface area contributed by atoms with E-state index in [-0.39, 0.29) is 30.3 Å². The summed E-state index contributed by atoms with van der Waals surface area (Å²) in [6.45, 7) is 3.36. The minimum Gasteiger partial charge on any atom is -0.469 e. The molecular formula is C15H20N2O3. The second kappa shape index (κ2) is 6.05. The molecule has 108 valence electrons. The van der Waals surface area contributed by atoms with Gasteiger partial charge in [0, 0.05) is 19.0 Å². The van der Waals surface area contributed by atoms with Gasteiger partial charge in [0.2, 0.25) is 5.91 Å². The van der Waals surface area contributed by atoms with Gasteiger partial charge in [-0.3, -0.25) is 14.5 Å². The highest BCUT2D eigenvalue weighted by atomic mass is 16.5. The Morgan fingerprint density at radius 1 is 1.35 bits per heavy atom. The molecule has 1 heterocycles. The van der Waals surface area contributed by atoms with E-state index in [0.717, 1.165) is 11.1 Å². The number of carbonyl (C=O) groups excluding carboxylic acids is 2. The number of hydrogen-bond acceptors (Lipinski definition) is 4. The fourth-order valence-electron chi connectivity index (χ4n) is 2.94. The number of hydrogen-bond donors (Lipinski definition) is 1. The summed E-state index contributed by atoms with van der Waals surface area (Å²) in [5.41, 5.74) is 7.52. The molecule has 0 bridgehead atoms. The zero-order valence-corrected chi connectivity index (χ0v) is 11.8. The van der Waals surface area contributed by atoms with Crippen LogP contribution in [0.25, 0.3) is 0 Å². The SMILES string of the molecule is COC(=O)[C@H]1CN(CC(N)=O)C[C@@H]1c1ccccc1C. The van der Waals surface area contributed by atoms with Crippen molar-refractivity contribution in [2.75, 3.05) is 26.7 Å². The minimum absolute atomic E-state index is 0.0444.